The van der Waals surface area contributed by atoms with Crippen LogP contribution in [0.4, 0.5) is 24.5 Å². The van der Waals surface area contributed by atoms with Crippen LogP contribution in [-0.4, -0.2) is 10.8 Å². The van der Waals surface area contributed by atoms with E-state index >= 15 is 0 Å². The zero-order chi connectivity index (χ0) is 17.9. The molecule has 0 aliphatic heterocycles. The fourth-order valence-electron chi connectivity index (χ4n) is 1.91. The first-order valence-electron chi connectivity index (χ1n) is 6.58. The van der Waals surface area contributed by atoms with Crippen LogP contribution in [-0.2, 0) is 11.0 Å². The van der Waals surface area contributed by atoms with E-state index in [0.29, 0.717) is 11.8 Å². The average molecular weight is 340 g/mol. The van der Waals surface area contributed by atoms with Crippen LogP contribution >= 0.6 is 0 Å². The highest BCUT2D eigenvalue weighted by Crippen LogP contribution is 2.40. The maximum absolute atomic E-state index is 13.1. The predicted octanol–water partition coefficient (Wildman–Crippen LogP) is 4.36. The molecule has 6 nitrogen and oxygen atoms in total. The standard InChI is InChI=1S/C15H11F3N2O4/c1-9(21)19-10-3-2-4-12(7-10)24-14-6-5-11(20(22)23)8-13(14)15(16,17)18/h2-8H,1H3,(H,19,21). The zero-order valence-corrected chi connectivity index (χ0v) is 12.3. The predicted molar refractivity (Wildman–Crippen MR) is 78.9 cm³/mol. The molecule has 0 unspecified atom stereocenters. The van der Waals surface area contributed by atoms with Crippen molar-refractivity contribution < 1.29 is 27.6 Å². The summed E-state index contributed by atoms with van der Waals surface area (Å²) in [4.78, 5) is 20.7. The van der Waals surface area contributed by atoms with Gasteiger partial charge in [-0.3, -0.25) is 14.9 Å². The van der Waals surface area contributed by atoms with Gasteiger partial charge in [0.2, 0.25) is 5.91 Å². The van der Waals surface area contributed by atoms with Crippen LogP contribution in [0.3, 0.4) is 0 Å². The summed E-state index contributed by atoms with van der Waals surface area (Å²) in [6.45, 7) is 1.28. The molecule has 0 aliphatic carbocycles. The van der Waals surface area contributed by atoms with Gasteiger partial charge in [-0.2, -0.15) is 13.2 Å². The van der Waals surface area contributed by atoms with E-state index in [1.807, 2.05) is 0 Å². The van der Waals surface area contributed by atoms with Crippen LogP contribution in [0.1, 0.15) is 12.5 Å². The van der Waals surface area contributed by atoms with Gasteiger partial charge in [0.15, 0.2) is 0 Å². The third kappa shape index (κ3) is 4.22. The fourth-order valence-corrected chi connectivity index (χ4v) is 1.91. The SMILES string of the molecule is CC(=O)Nc1cccc(Oc2ccc([N+](=O)[O-])cc2C(F)(F)F)c1. The number of nitrogens with one attached hydrogen (secondary N) is 1. The van der Waals surface area contributed by atoms with Crippen molar-refractivity contribution in [3.8, 4) is 11.5 Å². The van der Waals surface area contributed by atoms with Gasteiger partial charge >= 0.3 is 6.18 Å². The molecule has 0 bridgehead atoms. The summed E-state index contributed by atoms with van der Waals surface area (Å²) < 4.78 is 44.5. The van der Waals surface area contributed by atoms with Gasteiger partial charge in [-0.15, -0.1) is 0 Å². The lowest BCUT2D eigenvalue weighted by Gasteiger charge is -2.14. The van der Waals surface area contributed by atoms with Gasteiger partial charge in [-0.1, -0.05) is 6.07 Å². The summed E-state index contributed by atoms with van der Waals surface area (Å²) in [5.41, 5.74) is -1.61. The lowest BCUT2D eigenvalue weighted by molar-refractivity contribution is -0.385. The first-order chi connectivity index (χ1) is 11.2. The number of ether oxygens (including phenoxy) is 1. The molecule has 1 N–H and O–H groups in total. The number of benzene rings is 2. The average Bonchev–Trinajstić information content (AvgIpc) is 2.46. The molecule has 0 radical (unpaired) electrons. The van der Waals surface area contributed by atoms with Crippen LogP contribution in [0.5, 0.6) is 11.5 Å². The lowest BCUT2D eigenvalue weighted by atomic mass is 10.1. The largest absolute Gasteiger partial charge is 0.457 e. The van der Waals surface area contributed by atoms with Crippen LogP contribution in [0.25, 0.3) is 0 Å². The van der Waals surface area contributed by atoms with Crippen molar-refractivity contribution in [2.45, 2.75) is 13.1 Å². The Kier molecular flexibility index (Phi) is 4.72. The topological polar surface area (TPSA) is 81.5 Å². The quantitative estimate of drug-likeness (QED) is 0.662. The van der Waals surface area contributed by atoms with Crippen LogP contribution < -0.4 is 10.1 Å². The molecule has 2 aromatic rings. The molecule has 24 heavy (non-hydrogen) atoms. The molecule has 0 saturated heterocycles. The summed E-state index contributed by atoms with van der Waals surface area (Å²) in [5, 5.41) is 13.1. The van der Waals surface area contributed by atoms with Crippen LogP contribution in [0, 0.1) is 10.1 Å². The normalized spacial score (nSPS) is 11.0. The van der Waals surface area contributed by atoms with Crippen molar-refractivity contribution in [1.82, 2.24) is 0 Å². The highest BCUT2D eigenvalue weighted by Gasteiger charge is 2.36. The van der Waals surface area contributed by atoms with Gasteiger partial charge in [0.05, 0.1) is 4.92 Å². The first-order valence-corrected chi connectivity index (χ1v) is 6.58. The maximum atomic E-state index is 13.1. The van der Waals surface area contributed by atoms with Crippen LogP contribution in [0.15, 0.2) is 42.5 Å². The number of anilines is 1. The molecule has 126 valence electrons. The summed E-state index contributed by atoms with van der Waals surface area (Å²) in [7, 11) is 0. The third-order valence-corrected chi connectivity index (χ3v) is 2.86. The molecule has 0 saturated carbocycles. The van der Waals surface area contributed by atoms with Gasteiger partial charge in [0.25, 0.3) is 5.69 Å². The molecule has 0 aromatic heterocycles. The Balaban J connectivity index is 2.39. The van der Waals surface area contributed by atoms with E-state index in [0.717, 1.165) is 12.1 Å². The van der Waals surface area contributed by atoms with Gasteiger partial charge in [0, 0.05) is 30.8 Å². The Morgan fingerprint density at radius 2 is 1.92 bits per heavy atom. The number of nitro groups is 1. The minimum Gasteiger partial charge on any atom is -0.457 e. The zero-order valence-electron chi connectivity index (χ0n) is 12.3. The van der Waals surface area contributed by atoms with Gasteiger partial charge in [-0.05, 0) is 18.2 Å². The second-order valence-corrected chi connectivity index (χ2v) is 4.75. The number of rotatable bonds is 4. The molecule has 0 atom stereocenters. The second-order valence-electron chi connectivity index (χ2n) is 4.75. The molecule has 0 heterocycles. The van der Waals surface area contributed by atoms with E-state index in [-0.39, 0.29) is 11.7 Å². The smallest absolute Gasteiger partial charge is 0.420 e. The van der Waals surface area contributed by atoms with Crippen molar-refractivity contribution in [2.75, 3.05) is 5.32 Å². The fraction of sp³-hybridized carbons (Fsp3) is 0.133. The summed E-state index contributed by atoms with van der Waals surface area (Å²) >= 11 is 0. The van der Waals surface area contributed by atoms with E-state index in [2.05, 4.69) is 5.32 Å². The van der Waals surface area contributed by atoms with E-state index in [9.17, 15) is 28.1 Å². The minimum atomic E-state index is -4.82. The summed E-state index contributed by atoms with van der Waals surface area (Å²) in [6, 6.07) is 7.96. The number of non-ortho nitro benzene ring substituents is 1. The molecule has 0 fully saturated rings. The second kappa shape index (κ2) is 6.57. The van der Waals surface area contributed by atoms with E-state index in [1.54, 1.807) is 0 Å². The molecule has 0 spiro atoms. The maximum Gasteiger partial charge on any atom is 0.420 e. The number of alkyl halides is 3. The molecule has 1 amide bonds. The highest BCUT2D eigenvalue weighted by molar-refractivity contribution is 5.88. The van der Waals surface area contributed by atoms with Gasteiger partial charge in [0.1, 0.15) is 17.1 Å². The molecule has 2 rings (SSSR count). The van der Waals surface area contributed by atoms with Crippen molar-refractivity contribution in [3.63, 3.8) is 0 Å². The number of carbonyl (C=O) groups excluding carboxylic acids is 1. The molecular formula is C15H11F3N2O4. The number of halogens is 3. The van der Waals surface area contributed by atoms with Gasteiger partial charge < -0.3 is 10.1 Å². The van der Waals surface area contributed by atoms with Crippen molar-refractivity contribution >= 4 is 17.3 Å². The van der Waals surface area contributed by atoms with E-state index in [1.165, 1.54) is 31.2 Å². The number of carbonyl (C=O) groups is 1. The first kappa shape index (κ1) is 17.3. The number of nitro benzene ring substituents is 1. The Labute approximate surface area is 134 Å². The molecule has 0 aliphatic rings. The van der Waals surface area contributed by atoms with Crippen molar-refractivity contribution in [3.05, 3.63) is 58.1 Å². The monoisotopic (exact) mass is 340 g/mol. The Morgan fingerprint density at radius 3 is 2.50 bits per heavy atom. The molecular weight excluding hydrogens is 329 g/mol. The van der Waals surface area contributed by atoms with Crippen molar-refractivity contribution in [2.24, 2.45) is 0 Å². The lowest BCUT2D eigenvalue weighted by Crippen LogP contribution is -2.08. The number of amides is 1. The van der Waals surface area contributed by atoms with E-state index < -0.39 is 28.1 Å². The summed E-state index contributed by atoms with van der Waals surface area (Å²) in [6.07, 6.45) is -4.82. The number of nitrogens with zero attached hydrogens (tertiary/aromatic N) is 1. The Morgan fingerprint density at radius 1 is 1.21 bits per heavy atom. The van der Waals surface area contributed by atoms with E-state index in [4.69, 9.17) is 4.74 Å². The Bertz CT molecular complexity index is 791. The minimum absolute atomic E-state index is 0.0422. The molecule has 2 aromatic carbocycles. The number of hydrogen-bond donors (Lipinski definition) is 1. The van der Waals surface area contributed by atoms with Crippen molar-refractivity contribution in [1.29, 1.82) is 0 Å². The van der Waals surface area contributed by atoms with Crippen LogP contribution in [0.2, 0.25) is 0 Å². The third-order valence-electron chi connectivity index (χ3n) is 2.86. The molecule has 9 heteroatoms. The highest BCUT2D eigenvalue weighted by atomic mass is 19.4. The van der Waals surface area contributed by atoms with Gasteiger partial charge in [-0.25, -0.2) is 0 Å². The Hall–Kier alpha value is -3.10. The number of hydrogen-bond acceptors (Lipinski definition) is 4. The summed E-state index contributed by atoms with van der Waals surface area (Å²) in [5.74, 6) is -0.882.